The lowest BCUT2D eigenvalue weighted by Crippen LogP contribution is -2.42. The second-order valence-electron chi connectivity index (χ2n) is 5.79. The predicted octanol–water partition coefficient (Wildman–Crippen LogP) is 2.56. The number of aromatic nitrogens is 2. The molecule has 1 aromatic rings. The van der Waals surface area contributed by atoms with E-state index in [1.807, 2.05) is 17.9 Å². The van der Waals surface area contributed by atoms with Gasteiger partial charge in [0.05, 0.1) is 0 Å². The van der Waals surface area contributed by atoms with Crippen LogP contribution in [0.1, 0.15) is 50.5 Å². The summed E-state index contributed by atoms with van der Waals surface area (Å²) in [5.41, 5.74) is 0.823. The average molecular weight is 276 g/mol. The first-order valence-electron chi connectivity index (χ1n) is 7.45. The number of nitrogens with zero attached hydrogens (tertiary/aromatic N) is 3. The van der Waals surface area contributed by atoms with Crippen molar-refractivity contribution in [2.75, 3.05) is 25.0 Å². The Balaban J connectivity index is 1.98. The summed E-state index contributed by atoms with van der Waals surface area (Å²) in [7, 11) is 0. The Morgan fingerprint density at radius 3 is 2.50 bits per heavy atom. The maximum Gasteiger partial charge on any atom is 0.274 e. The van der Waals surface area contributed by atoms with Gasteiger partial charge in [0, 0.05) is 19.6 Å². The van der Waals surface area contributed by atoms with Crippen molar-refractivity contribution in [1.29, 1.82) is 0 Å². The number of amides is 1. The van der Waals surface area contributed by atoms with Gasteiger partial charge in [-0.2, -0.15) is 0 Å². The molecular formula is C15H24N4O. The molecule has 0 aliphatic carbocycles. The predicted molar refractivity (Wildman–Crippen MR) is 79.7 cm³/mol. The molecule has 0 atom stereocenters. The number of piperidine rings is 1. The van der Waals surface area contributed by atoms with Crippen LogP contribution in [0.2, 0.25) is 0 Å². The summed E-state index contributed by atoms with van der Waals surface area (Å²) in [5, 5.41) is 11.1. The van der Waals surface area contributed by atoms with E-state index in [4.69, 9.17) is 0 Å². The Hall–Kier alpha value is -1.65. The Morgan fingerprint density at radius 1 is 1.30 bits per heavy atom. The monoisotopic (exact) mass is 276 g/mol. The van der Waals surface area contributed by atoms with E-state index in [0.717, 1.165) is 32.5 Å². The minimum Gasteiger partial charge on any atom is -0.369 e. The van der Waals surface area contributed by atoms with Crippen LogP contribution in [0, 0.1) is 5.41 Å². The zero-order valence-electron chi connectivity index (χ0n) is 12.6. The molecule has 0 saturated carbocycles. The van der Waals surface area contributed by atoms with Crippen LogP contribution < -0.4 is 5.32 Å². The van der Waals surface area contributed by atoms with Gasteiger partial charge in [-0.25, -0.2) is 0 Å². The van der Waals surface area contributed by atoms with Gasteiger partial charge < -0.3 is 10.2 Å². The molecular weight excluding hydrogens is 252 g/mol. The van der Waals surface area contributed by atoms with E-state index in [-0.39, 0.29) is 5.91 Å². The first kappa shape index (κ1) is 14.8. The molecule has 5 heteroatoms. The van der Waals surface area contributed by atoms with Gasteiger partial charge in [-0.3, -0.25) is 4.79 Å². The highest BCUT2D eigenvalue weighted by molar-refractivity contribution is 5.92. The topological polar surface area (TPSA) is 58.1 Å². The van der Waals surface area contributed by atoms with Crippen LogP contribution in [0.25, 0.3) is 0 Å². The molecule has 0 radical (unpaired) electrons. The molecule has 1 N–H and O–H groups in total. The minimum atomic E-state index is -0.00120. The third-order valence-corrected chi connectivity index (χ3v) is 4.35. The molecule has 2 heterocycles. The quantitative estimate of drug-likeness (QED) is 0.918. The van der Waals surface area contributed by atoms with Crippen molar-refractivity contribution in [2.45, 2.75) is 40.0 Å². The molecule has 1 saturated heterocycles. The summed E-state index contributed by atoms with van der Waals surface area (Å²) in [4.78, 5) is 14.3. The van der Waals surface area contributed by atoms with Gasteiger partial charge in [-0.05, 0) is 37.3 Å². The third-order valence-electron chi connectivity index (χ3n) is 4.35. The van der Waals surface area contributed by atoms with E-state index >= 15 is 0 Å². The number of nitrogens with one attached hydrogen (secondary N) is 1. The fraction of sp³-hybridized carbons (Fsp3) is 0.667. The van der Waals surface area contributed by atoms with Crippen molar-refractivity contribution >= 4 is 11.7 Å². The molecule has 1 aliphatic rings. The normalized spacial score (nSPS) is 17.9. The molecule has 2 rings (SSSR count). The van der Waals surface area contributed by atoms with E-state index in [1.165, 1.54) is 6.42 Å². The largest absolute Gasteiger partial charge is 0.369 e. The lowest BCUT2D eigenvalue weighted by atomic mass is 9.78. The molecule has 20 heavy (non-hydrogen) atoms. The van der Waals surface area contributed by atoms with Crippen molar-refractivity contribution in [3.8, 4) is 0 Å². The van der Waals surface area contributed by atoms with Crippen molar-refractivity contribution < 1.29 is 4.79 Å². The lowest BCUT2D eigenvalue weighted by Gasteiger charge is -2.38. The third kappa shape index (κ3) is 3.26. The Labute approximate surface area is 120 Å². The van der Waals surface area contributed by atoms with Crippen LogP contribution >= 0.6 is 0 Å². The molecule has 1 amide bonds. The van der Waals surface area contributed by atoms with E-state index < -0.39 is 0 Å². The number of hydrogen-bond acceptors (Lipinski definition) is 4. The van der Waals surface area contributed by atoms with E-state index in [2.05, 4.69) is 29.4 Å². The fourth-order valence-corrected chi connectivity index (χ4v) is 2.49. The van der Waals surface area contributed by atoms with Gasteiger partial charge in [0.1, 0.15) is 5.82 Å². The van der Waals surface area contributed by atoms with Gasteiger partial charge >= 0.3 is 0 Å². The van der Waals surface area contributed by atoms with Crippen molar-refractivity contribution in [3.05, 3.63) is 17.8 Å². The molecule has 1 aromatic heterocycles. The number of carbonyl (C=O) groups excluding carboxylic acids is 1. The second kappa shape index (κ2) is 6.20. The van der Waals surface area contributed by atoms with E-state index in [9.17, 15) is 4.79 Å². The Kier molecular flexibility index (Phi) is 4.57. The maximum absolute atomic E-state index is 12.4. The first-order valence-corrected chi connectivity index (χ1v) is 7.45. The van der Waals surface area contributed by atoms with Crippen LogP contribution in [-0.4, -0.2) is 40.6 Å². The summed E-state index contributed by atoms with van der Waals surface area (Å²) in [6.07, 6.45) is 3.31. The number of anilines is 1. The summed E-state index contributed by atoms with van der Waals surface area (Å²) >= 11 is 0. The van der Waals surface area contributed by atoms with Crippen LogP contribution in [0.3, 0.4) is 0 Å². The smallest absolute Gasteiger partial charge is 0.274 e. The summed E-state index contributed by atoms with van der Waals surface area (Å²) in [5.74, 6) is 0.708. The van der Waals surface area contributed by atoms with Gasteiger partial charge in [-0.1, -0.05) is 20.3 Å². The molecule has 0 aromatic carbocycles. The highest BCUT2D eigenvalue weighted by Gasteiger charge is 2.31. The molecule has 5 nitrogen and oxygen atoms in total. The van der Waals surface area contributed by atoms with Crippen molar-refractivity contribution in [2.24, 2.45) is 5.41 Å². The van der Waals surface area contributed by atoms with Gasteiger partial charge in [-0.15, -0.1) is 10.2 Å². The number of likely N-dealkylation sites (tertiary alicyclic amines) is 1. The zero-order valence-corrected chi connectivity index (χ0v) is 12.6. The highest BCUT2D eigenvalue weighted by atomic mass is 16.2. The van der Waals surface area contributed by atoms with Crippen molar-refractivity contribution in [1.82, 2.24) is 15.1 Å². The summed E-state index contributed by atoms with van der Waals surface area (Å²) < 4.78 is 0. The fourth-order valence-electron chi connectivity index (χ4n) is 2.49. The van der Waals surface area contributed by atoms with Gasteiger partial charge in [0.15, 0.2) is 5.69 Å². The standard InChI is InChI=1S/C15H24N4O/c1-4-15(3)8-10-19(11-9-15)14(20)12-6-7-13(16-5-2)18-17-12/h6-7H,4-5,8-11H2,1-3H3,(H,16,18). The van der Waals surface area contributed by atoms with Gasteiger partial charge in [0.2, 0.25) is 0 Å². The zero-order chi connectivity index (χ0) is 14.6. The van der Waals surface area contributed by atoms with Crippen LogP contribution in [0.5, 0.6) is 0 Å². The number of carbonyl (C=O) groups is 1. The van der Waals surface area contributed by atoms with Crippen LogP contribution in [0.15, 0.2) is 12.1 Å². The SMILES string of the molecule is CCNc1ccc(C(=O)N2CCC(C)(CC)CC2)nn1. The highest BCUT2D eigenvalue weighted by Crippen LogP contribution is 2.34. The maximum atomic E-state index is 12.4. The minimum absolute atomic E-state index is 0.00120. The van der Waals surface area contributed by atoms with Crippen molar-refractivity contribution in [3.63, 3.8) is 0 Å². The number of rotatable bonds is 4. The average Bonchev–Trinajstić information content (AvgIpc) is 2.48. The Bertz CT molecular complexity index is 449. The first-order chi connectivity index (χ1) is 9.58. The molecule has 1 aliphatic heterocycles. The Morgan fingerprint density at radius 2 is 2.00 bits per heavy atom. The lowest BCUT2D eigenvalue weighted by molar-refractivity contribution is 0.0593. The molecule has 0 spiro atoms. The van der Waals surface area contributed by atoms with E-state index in [0.29, 0.717) is 16.9 Å². The second-order valence-corrected chi connectivity index (χ2v) is 5.79. The summed E-state index contributed by atoms with van der Waals surface area (Å²) in [6, 6.07) is 3.56. The number of hydrogen-bond donors (Lipinski definition) is 1. The molecule has 1 fully saturated rings. The van der Waals surface area contributed by atoms with Crippen LogP contribution in [0.4, 0.5) is 5.82 Å². The van der Waals surface area contributed by atoms with E-state index in [1.54, 1.807) is 6.07 Å². The molecule has 0 unspecified atom stereocenters. The van der Waals surface area contributed by atoms with Crippen LogP contribution in [-0.2, 0) is 0 Å². The molecule has 0 bridgehead atoms. The molecule has 110 valence electrons. The summed E-state index contributed by atoms with van der Waals surface area (Å²) in [6.45, 7) is 8.96. The van der Waals surface area contributed by atoms with Gasteiger partial charge in [0.25, 0.3) is 5.91 Å².